The van der Waals surface area contributed by atoms with Crippen LogP contribution in [0.15, 0.2) is 0 Å². The van der Waals surface area contributed by atoms with Crippen LogP contribution in [0.3, 0.4) is 0 Å². The Balaban J connectivity index is 1.93. The van der Waals surface area contributed by atoms with Gasteiger partial charge in [0.15, 0.2) is 0 Å². The summed E-state index contributed by atoms with van der Waals surface area (Å²) in [5.41, 5.74) is 0.395. The number of aliphatic hydroxyl groups is 1. The number of aliphatic hydroxyl groups excluding tert-OH is 1. The molecule has 0 spiro atoms. The fraction of sp³-hybridized carbons (Fsp3) is 1.00. The minimum Gasteiger partial charge on any atom is -0.393 e. The molecule has 2 nitrogen and oxygen atoms in total. The molecule has 2 rings (SSSR count). The summed E-state index contributed by atoms with van der Waals surface area (Å²) in [6.07, 6.45) is 7.43. The fourth-order valence-corrected chi connectivity index (χ4v) is 3.96. The van der Waals surface area contributed by atoms with Crippen LogP contribution in [0.1, 0.15) is 66.2 Å². The van der Waals surface area contributed by atoms with Crippen LogP contribution in [0.25, 0.3) is 0 Å². The van der Waals surface area contributed by atoms with Crippen molar-refractivity contribution in [3.05, 3.63) is 0 Å². The van der Waals surface area contributed by atoms with Gasteiger partial charge < -0.3 is 10.0 Å². The summed E-state index contributed by atoms with van der Waals surface area (Å²) in [5, 5.41) is 10.3. The smallest absolute Gasteiger partial charge is 0.0580 e. The second kappa shape index (κ2) is 6.13. The molecule has 4 atom stereocenters. The molecule has 2 aliphatic rings. The van der Waals surface area contributed by atoms with Crippen LogP contribution < -0.4 is 0 Å². The van der Waals surface area contributed by atoms with E-state index in [1.54, 1.807) is 0 Å². The molecular weight excluding hydrogens is 234 g/mol. The maximum atomic E-state index is 10.3. The number of nitrogens with zero attached hydrogens (tertiary/aromatic N) is 1. The largest absolute Gasteiger partial charge is 0.393 e. The molecule has 1 aliphatic carbocycles. The highest BCUT2D eigenvalue weighted by molar-refractivity contribution is 4.88. The number of hydrogen-bond acceptors (Lipinski definition) is 2. The normalized spacial score (nSPS) is 38.4. The maximum absolute atomic E-state index is 10.3. The molecule has 1 saturated heterocycles. The quantitative estimate of drug-likeness (QED) is 0.825. The van der Waals surface area contributed by atoms with Crippen LogP contribution in [0.2, 0.25) is 0 Å². The Labute approximate surface area is 119 Å². The molecule has 0 aromatic carbocycles. The van der Waals surface area contributed by atoms with Gasteiger partial charge in [0.2, 0.25) is 0 Å². The highest BCUT2D eigenvalue weighted by atomic mass is 16.3. The lowest BCUT2D eigenvalue weighted by atomic mass is 9.68. The van der Waals surface area contributed by atoms with E-state index in [-0.39, 0.29) is 6.10 Å². The van der Waals surface area contributed by atoms with Gasteiger partial charge in [0, 0.05) is 12.6 Å². The van der Waals surface area contributed by atoms with E-state index in [9.17, 15) is 5.11 Å². The van der Waals surface area contributed by atoms with Crippen molar-refractivity contribution in [2.24, 2.45) is 17.3 Å². The van der Waals surface area contributed by atoms with Crippen molar-refractivity contribution in [3.8, 4) is 0 Å². The average Bonchev–Trinajstić information content (AvgIpc) is 2.33. The standard InChI is InChI=1S/C17H33NO/c1-13-7-5-6-10-18(13)12-14-11-15(17(2,3)4)8-9-16(14)19/h13-16,19H,5-12H2,1-4H3. The van der Waals surface area contributed by atoms with Gasteiger partial charge in [0.05, 0.1) is 6.10 Å². The zero-order valence-corrected chi connectivity index (χ0v) is 13.4. The van der Waals surface area contributed by atoms with Crippen LogP contribution in [0.5, 0.6) is 0 Å². The monoisotopic (exact) mass is 267 g/mol. The van der Waals surface area contributed by atoms with Crippen LogP contribution >= 0.6 is 0 Å². The molecule has 0 aromatic rings. The highest BCUT2D eigenvalue weighted by Crippen LogP contribution is 2.40. The summed E-state index contributed by atoms with van der Waals surface area (Å²) in [5.74, 6) is 1.28. The van der Waals surface area contributed by atoms with Crippen molar-refractivity contribution in [1.82, 2.24) is 4.90 Å². The van der Waals surface area contributed by atoms with Gasteiger partial charge in [-0.25, -0.2) is 0 Å². The molecule has 1 N–H and O–H groups in total. The maximum Gasteiger partial charge on any atom is 0.0580 e. The molecule has 0 bridgehead atoms. The first-order chi connectivity index (χ1) is 8.88. The van der Waals surface area contributed by atoms with Gasteiger partial charge in [-0.15, -0.1) is 0 Å². The predicted octanol–water partition coefficient (Wildman–Crippen LogP) is 3.68. The Morgan fingerprint density at radius 3 is 2.47 bits per heavy atom. The molecule has 0 amide bonds. The number of likely N-dealkylation sites (tertiary alicyclic amines) is 1. The lowest BCUT2D eigenvalue weighted by molar-refractivity contribution is -0.00638. The summed E-state index contributed by atoms with van der Waals surface area (Å²) in [6.45, 7) is 11.8. The van der Waals surface area contributed by atoms with Gasteiger partial charge in [-0.2, -0.15) is 0 Å². The molecule has 2 heteroatoms. The van der Waals surface area contributed by atoms with Crippen molar-refractivity contribution in [3.63, 3.8) is 0 Å². The zero-order chi connectivity index (χ0) is 14.0. The van der Waals surface area contributed by atoms with Crippen LogP contribution in [-0.4, -0.2) is 35.2 Å². The van der Waals surface area contributed by atoms with Crippen LogP contribution in [0, 0.1) is 17.3 Å². The van der Waals surface area contributed by atoms with E-state index < -0.39 is 0 Å². The van der Waals surface area contributed by atoms with E-state index >= 15 is 0 Å². The number of rotatable bonds is 2. The molecule has 0 radical (unpaired) electrons. The first-order valence-corrected chi connectivity index (χ1v) is 8.30. The molecule has 19 heavy (non-hydrogen) atoms. The SMILES string of the molecule is CC1CCCCN1CC1CC(C(C)(C)C)CCC1O. The highest BCUT2D eigenvalue weighted by Gasteiger charge is 2.36. The Kier molecular flexibility index (Phi) is 4.94. The lowest BCUT2D eigenvalue weighted by Gasteiger charge is -2.43. The fourth-order valence-electron chi connectivity index (χ4n) is 3.96. The van der Waals surface area contributed by atoms with E-state index in [1.165, 1.54) is 38.6 Å². The Morgan fingerprint density at radius 2 is 1.84 bits per heavy atom. The van der Waals surface area contributed by atoms with Gasteiger partial charge in [-0.3, -0.25) is 0 Å². The Hall–Kier alpha value is -0.0800. The molecule has 0 aromatic heterocycles. The summed E-state index contributed by atoms with van der Waals surface area (Å²) in [7, 11) is 0. The van der Waals surface area contributed by atoms with Gasteiger partial charge in [-0.05, 0) is 62.8 Å². The van der Waals surface area contributed by atoms with Crippen LogP contribution in [-0.2, 0) is 0 Å². The van der Waals surface area contributed by atoms with Crippen molar-refractivity contribution in [2.45, 2.75) is 78.4 Å². The zero-order valence-electron chi connectivity index (χ0n) is 13.4. The predicted molar refractivity (Wildman–Crippen MR) is 81.2 cm³/mol. The van der Waals surface area contributed by atoms with Crippen molar-refractivity contribution in [2.75, 3.05) is 13.1 Å². The number of piperidine rings is 1. The number of hydrogen-bond donors (Lipinski definition) is 1. The molecule has 4 unspecified atom stereocenters. The topological polar surface area (TPSA) is 23.5 Å². The van der Waals surface area contributed by atoms with Gasteiger partial charge >= 0.3 is 0 Å². The Morgan fingerprint density at radius 1 is 1.11 bits per heavy atom. The molecule has 1 saturated carbocycles. The Bertz CT molecular complexity index is 283. The first-order valence-electron chi connectivity index (χ1n) is 8.30. The summed E-state index contributed by atoms with van der Waals surface area (Å²) in [6, 6.07) is 0.718. The molecule has 1 aliphatic heterocycles. The van der Waals surface area contributed by atoms with Gasteiger partial charge in [0.25, 0.3) is 0 Å². The second-order valence-electron chi connectivity index (χ2n) is 8.04. The van der Waals surface area contributed by atoms with Gasteiger partial charge in [-0.1, -0.05) is 27.2 Å². The summed E-state index contributed by atoms with van der Waals surface area (Å²) in [4.78, 5) is 2.63. The van der Waals surface area contributed by atoms with E-state index in [2.05, 4.69) is 32.6 Å². The average molecular weight is 267 g/mol. The second-order valence-corrected chi connectivity index (χ2v) is 8.04. The summed E-state index contributed by atoms with van der Waals surface area (Å²) < 4.78 is 0. The molecule has 112 valence electrons. The van der Waals surface area contributed by atoms with Crippen LogP contribution in [0.4, 0.5) is 0 Å². The third-order valence-electron chi connectivity index (χ3n) is 5.58. The van der Waals surface area contributed by atoms with Crippen molar-refractivity contribution >= 4 is 0 Å². The first kappa shape index (κ1) is 15.3. The third-order valence-corrected chi connectivity index (χ3v) is 5.58. The minimum atomic E-state index is -0.0623. The third kappa shape index (κ3) is 3.95. The lowest BCUT2D eigenvalue weighted by Crippen LogP contribution is -2.45. The van der Waals surface area contributed by atoms with E-state index in [0.29, 0.717) is 11.3 Å². The van der Waals surface area contributed by atoms with Crippen molar-refractivity contribution < 1.29 is 5.11 Å². The minimum absolute atomic E-state index is 0.0623. The van der Waals surface area contributed by atoms with E-state index in [1.807, 2.05) is 0 Å². The van der Waals surface area contributed by atoms with E-state index in [0.717, 1.165) is 24.9 Å². The molecule has 2 fully saturated rings. The molecule has 1 heterocycles. The van der Waals surface area contributed by atoms with Crippen molar-refractivity contribution in [1.29, 1.82) is 0 Å². The molecular formula is C17H33NO. The van der Waals surface area contributed by atoms with E-state index in [4.69, 9.17) is 0 Å². The van der Waals surface area contributed by atoms with Gasteiger partial charge in [0.1, 0.15) is 0 Å². The summed E-state index contributed by atoms with van der Waals surface area (Å²) >= 11 is 0.